The van der Waals surface area contributed by atoms with Gasteiger partial charge in [-0.2, -0.15) is 0 Å². The smallest absolute Gasteiger partial charge is 0.328 e. The molecule has 0 spiro atoms. The van der Waals surface area contributed by atoms with Gasteiger partial charge in [0, 0.05) is 18.5 Å². The van der Waals surface area contributed by atoms with Gasteiger partial charge in [0.15, 0.2) is 0 Å². The first-order chi connectivity index (χ1) is 10.3. The summed E-state index contributed by atoms with van der Waals surface area (Å²) in [6, 6.07) is 3.40. The minimum atomic E-state index is -0.358. The number of hydrogen-bond donors (Lipinski definition) is 1. The van der Waals surface area contributed by atoms with Crippen molar-refractivity contribution in [1.29, 1.82) is 0 Å². The number of methoxy groups -OCH3 is 1. The maximum atomic E-state index is 12.2. The van der Waals surface area contributed by atoms with E-state index in [9.17, 15) is 9.59 Å². The normalized spacial score (nSPS) is 15.8. The molecule has 0 aromatic heterocycles. The lowest BCUT2D eigenvalue weighted by Gasteiger charge is -2.30. The maximum absolute atomic E-state index is 12.2. The van der Waals surface area contributed by atoms with Crippen molar-refractivity contribution >= 4 is 17.6 Å². The fourth-order valence-corrected chi connectivity index (χ4v) is 2.70. The van der Waals surface area contributed by atoms with E-state index < -0.39 is 0 Å². The van der Waals surface area contributed by atoms with E-state index in [1.165, 1.54) is 4.90 Å². The fourth-order valence-electron chi connectivity index (χ4n) is 2.70. The van der Waals surface area contributed by atoms with E-state index >= 15 is 0 Å². The number of anilines is 1. The van der Waals surface area contributed by atoms with Crippen molar-refractivity contribution in [3.8, 4) is 5.75 Å². The van der Waals surface area contributed by atoms with Gasteiger partial charge in [-0.15, -0.1) is 0 Å². The van der Waals surface area contributed by atoms with Crippen molar-refractivity contribution in [2.45, 2.75) is 46.0 Å². The summed E-state index contributed by atoms with van der Waals surface area (Å²) in [5.41, 5.74) is 2.46. The molecule has 3 amide bonds. The molecule has 120 valence electrons. The Hall–Kier alpha value is -2.04. The second-order valence-electron chi connectivity index (χ2n) is 6.50. The Bertz CT molecular complexity index is 587. The second kappa shape index (κ2) is 5.99. The molecule has 1 aliphatic rings. The Morgan fingerprint density at radius 2 is 1.95 bits per heavy atom. The Morgan fingerprint density at radius 3 is 2.45 bits per heavy atom. The number of hydrogen-bond acceptors (Lipinski definition) is 3. The minimum Gasteiger partial charge on any atom is -0.496 e. The van der Waals surface area contributed by atoms with Crippen molar-refractivity contribution < 1.29 is 14.3 Å². The molecule has 1 N–H and O–H groups in total. The highest BCUT2D eigenvalue weighted by Crippen LogP contribution is 2.38. The van der Waals surface area contributed by atoms with Gasteiger partial charge in [-0.05, 0) is 29.5 Å². The molecule has 1 aromatic carbocycles. The zero-order valence-corrected chi connectivity index (χ0v) is 13.9. The summed E-state index contributed by atoms with van der Waals surface area (Å²) in [4.78, 5) is 25.5. The molecule has 0 aliphatic carbocycles. The highest BCUT2D eigenvalue weighted by Gasteiger charge is 2.30. The number of nitrogens with one attached hydrogen (secondary N) is 1. The highest BCUT2D eigenvalue weighted by molar-refractivity contribution is 6.15. The van der Waals surface area contributed by atoms with Crippen LogP contribution < -0.4 is 15.0 Å². The molecule has 1 aromatic rings. The van der Waals surface area contributed by atoms with Crippen LogP contribution in [-0.2, 0) is 16.6 Å². The standard InChI is InChI=1S/C17H24N2O3/c1-6-11-9-12(19-14(20)7-8-18-16(19)21)10-13(15(11)22-5)17(2,3)4/h9-10H,6-8H2,1-5H3,(H,18,21). The van der Waals surface area contributed by atoms with Crippen molar-refractivity contribution in [3.63, 3.8) is 0 Å². The van der Waals surface area contributed by atoms with Gasteiger partial charge in [0.2, 0.25) is 5.91 Å². The fraction of sp³-hybridized carbons (Fsp3) is 0.529. The predicted octanol–water partition coefficient (Wildman–Crippen LogP) is 3.00. The van der Waals surface area contributed by atoms with E-state index in [0.717, 1.165) is 23.3 Å². The van der Waals surface area contributed by atoms with Crippen LogP contribution in [0, 0.1) is 0 Å². The first-order valence-corrected chi connectivity index (χ1v) is 7.61. The molecule has 5 heteroatoms. The molecule has 2 rings (SSSR count). The third-order valence-electron chi connectivity index (χ3n) is 3.87. The van der Waals surface area contributed by atoms with Crippen LogP contribution in [0.15, 0.2) is 12.1 Å². The quantitative estimate of drug-likeness (QED) is 0.934. The molecule has 1 heterocycles. The number of benzene rings is 1. The van der Waals surface area contributed by atoms with Crippen LogP contribution in [0.1, 0.15) is 45.2 Å². The summed E-state index contributed by atoms with van der Waals surface area (Å²) in [6.45, 7) is 8.70. The van der Waals surface area contributed by atoms with Crippen molar-refractivity contribution in [3.05, 3.63) is 23.3 Å². The zero-order valence-electron chi connectivity index (χ0n) is 13.9. The SMILES string of the molecule is CCc1cc(N2C(=O)CCNC2=O)cc(C(C)(C)C)c1OC. The van der Waals surface area contributed by atoms with Gasteiger partial charge in [-0.25, -0.2) is 9.69 Å². The molecule has 0 atom stereocenters. The largest absolute Gasteiger partial charge is 0.496 e. The topological polar surface area (TPSA) is 58.6 Å². The molecule has 0 bridgehead atoms. The summed E-state index contributed by atoms with van der Waals surface area (Å²) in [6.07, 6.45) is 1.09. The molecule has 1 saturated heterocycles. The third-order valence-corrected chi connectivity index (χ3v) is 3.87. The van der Waals surface area contributed by atoms with Crippen LogP contribution in [0.2, 0.25) is 0 Å². The molecule has 1 aliphatic heterocycles. The van der Waals surface area contributed by atoms with Crippen LogP contribution in [0.25, 0.3) is 0 Å². The van der Waals surface area contributed by atoms with E-state index in [-0.39, 0.29) is 17.4 Å². The van der Waals surface area contributed by atoms with E-state index in [0.29, 0.717) is 18.7 Å². The zero-order chi connectivity index (χ0) is 16.5. The number of amides is 3. The van der Waals surface area contributed by atoms with Crippen molar-refractivity contribution in [2.75, 3.05) is 18.6 Å². The third kappa shape index (κ3) is 2.93. The molecule has 5 nitrogen and oxygen atoms in total. The monoisotopic (exact) mass is 304 g/mol. The number of imide groups is 1. The summed E-state index contributed by atoms with van der Waals surface area (Å²) < 4.78 is 5.59. The summed E-state index contributed by atoms with van der Waals surface area (Å²) >= 11 is 0. The molecule has 0 radical (unpaired) electrons. The number of carbonyl (C=O) groups is 2. The van der Waals surface area contributed by atoms with E-state index in [2.05, 4.69) is 26.1 Å². The number of urea groups is 1. The molecule has 1 fully saturated rings. The minimum absolute atomic E-state index is 0.152. The number of ether oxygens (including phenoxy) is 1. The Balaban J connectivity index is 2.62. The Labute approximate surface area is 131 Å². The molecular weight excluding hydrogens is 280 g/mol. The molecule has 0 saturated carbocycles. The lowest BCUT2D eigenvalue weighted by Crippen LogP contribution is -2.50. The van der Waals surface area contributed by atoms with Gasteiger partial charge in [0.1, 0.15) is 5.75 Å². The summed E-state index contributed by atoms with van der Waals surface area (Å²) in [7, 11) is 1.65. The highest BCUT2D eigenvalue weighted by atomic mass is 16.5. The van der Waals surface area contributed by atoms with Crippen LogP contribution in [0.5, 0.6) is 5.75 Å². The van der Waals surface area contributed by atoms with Gasteiger partial charge in [-0.3, -0.25) is 4.79 Å². The van der Waals surface area contributed by atoms with Crippen LogP contribution in [0.3, 0.4) is 0 Å². The van der Waals surface area contributed by atoms with Gasteiger partial charge >= 0.3 is 6.03 Å². The second-order valence-corrected chi connectivity index (χ2v) is 6.50. The van der Waals surface area contributed by atoms with Gasteiger partial charge in [0.05, 0.1) is 12.8 Å². The lowest BCUT2D eigenvalue weighted by atomic mass is 9.84. The maximum Gasteiger partial charge on any atom is 0.328 e. The van der Waals surface area contributed by atoms with Crippen molar-refractivity contribution in [1.82, 2.24) is 5.32 Å². The number of carbonyl (C=O) groups excluding carboxylic acids is 2. The summed E-state index contributed by atoms with van der Waals surface area (Å²) in [5.74, 6) is 0.666. The molecular formula is C17H24N2O3. The van der Waals surface area contributed by atoms with E-state index in [1.54, 1.807) is 7.11 Å². The van der Waals surface area contributed by atoms with Gasteiger partial charge < -0.3 is 10.1 Å². The molecule has 0 unspecified atom stereocenters. The van der Waals surface area contributed by atoms with Crippen LogP contribution >= 0.6 is 0 Å². The average Bonchev–Trinajstić information content (AvgIpc) is 2.45. The van der Waals surface area contributed by atoms with Crippen LogP contribution in [0.4, 0.5) is 10.5 Å². The number of aryl methyl sites for hydroxylation is 1. The van der Waals surface area contributed by atoms with E-state index in [4.69, 9.17) is 4.74 Å². The Morgan fingerprint density at radius 1 is 1.27 bits per heavy atom. The van der Waals surface area contributed by atoms with Crippen LogP contribution in [-0.4, -0.2) is 25.6 Å². The van der Waals surface area contributed by atoms with E-state index in [1.807, 2.05) is 19.1 Å². The van der Waals surface area contributed by atoms with Gasteiger partial charge in [0.25, 0.3) is 0 Å². The first-order valence-electron chi connectivity index (χ1n) is 7.61. The summed E-state index contributed by atoms with van der Waals surface area (Å²) in [5, 5.41) is 2.72. The number of nitrogens with zero attached hydrogens (tertiary/aromatic N) is 1. The van der Waals surface area contributed by atoms with Gasteiger partial charge in [-0.1, -0.05) is 27.7 Å². The number of rotatable bonds is 3. The van der Waals surface area contributed by atoms with Crippen molar-refractivity contribution in [2.24, 2.45) is 0 Å². The first kappa shape index (κ1) is 16.3. The predicted molar refractivity (Wildman–Crippen MR) is 86.6 cm³/mol. The molecule has 22 heavy (non-hydrogen) atoms. The average molecular weight is 304 g/mol. The Kier molecular flexibility index (Phi) is 4.44. The lowest BCUT2D eigenvalue weighted by molar-refractivity contribution is -0.118.